The molecule has 0 saturated carbocycles. The van der Waals surface area contributed by atoms with Gasteiger partial charge in [0.05, 0.1) is 12.8 Å². The molecule has 4 N–H and O–H groups in total. The number of rotatable bonds is 8. The van der Waals surface area contributed by atoms with Crippen molar-refractivity contribution in [3.8, 4) is 23.0 Å². The number of methoxy groups -OCH3 is 1. The van der Waals surface area contributed by atoms with Crippen molar-refractivity contribution >= 4 is 17.4 Å². The highest BCUT2D eigenvalue weighted by molar-refractivity contribution is 6.02. The van der Waals surface area contributed by atoms with Crippen LogP contribution >= 0.6 is 0 Å². The first-order valence-corrected chi connectivity index (χ1v) is 9.29. The first-order chi connectivity index (χ1) is 14.5. The molecule has 154 valence electrons. The summed E-state index contributed by atoms with van der Waals surface area (Å²) in [5, 5.41) is 12.0. The van der Waals surface area contributed by atoms with Crippen molar-refractivity contribution in [2.45, 2.75) is 6.42 Å². The van der Waals surface area contributed by atoms with Crippen LogP contribution in [0.2, 0.25) is 0 Å². The standard InChI is InChI=1S/C23H22N2O5/c1-29-17-9-11-18(12-10-17)30-21-4-2-3-19(22(21)24)20(27)13-14-25-23(28)15-5-7-16(26)8-6-15/h2-12,26H,13-14,24H2,1H3,(H,25,28). The highest BCUT2D eigenvalue weighted by Gasteiger charge is 2.15. The van der Waals surface area contributed by atoms with Crippen LogP contribution in [0, 0.1) is 0 Å². The molecule has 0 aliphatic rings. The van der Waals surface area contributed by atoms with E-state index in [0.717, 1.165) is 0 Å². The van der Waals surface area contributed by atoms with Crippen LogP contribution in [0.1, 0.15) is 27.1 Å². The Morgan fingerprint density at radius 1 is 0.967 bits per heavy atom. The maximum absolute atomic E-state index is 12.6. The second kappa shape index (κ2) is 9.47. The van der Waals surface area contributed by atoms with Gasteiger partial charge in [0.15, 0.2) is 11.5 Å². The fourth-order valence-electron chi connectivity index (χ4n) is 2.79. The van der Waals surface area contributed by atoms with Crippen molar-refractivity contribution in [3.05, 3.63) is 77.9 Å². The lowest BCUT2D eigenvalue weighted by Gasteiger charge is -2.12. The predicted octanol–water partition coefficient (Wildman–Crippen LogP) is 3.78. The molecular weight excluding hydrogens is 384 g/mol. The maximum atomic E-state index is 12.6. The molecule has 0 aliphatic heterocycles. The average Bonchev–Trinajstić information content (AvgIpc) is 2.76. The third kappa shape index (κ3) is 5.08. The van der Waals surface area contributed by atoms with Crippen LogP contribution in [0.4, 0.5) is 5.69 Å². The number of ether oxygens (including phenoxy) is 2. The molecule has 30 heavy (non-hydrogen) atoms. The van der Waals surface area contributed by atoms with Gasteiger partial charge in [0.1, 0.15) is 17.2 Å². The molecule has 1 amide bonds. The van der Waals surface area contributed by atoms with Gasteiger partial charge in [-0.25, -0.2) is 0 Å². The largest absolute Gasteiger partial charge is 0.508 e. The summed E-state index contributed by atoms with van der Waals surface area (Å²) in [5.41, 5.74) is 7.11. The second-order valence-corrected chi connectivity index (χ2v) is 6.47. The third-order valence-corrected chi connectivity index (χ3v) is 4.42. The summed E-state index contributed by atoms with van der Waals surface area (Å²) < 4.78 is 10.9. The number of nitrogens with one attached hydrogen (secondary N) is 1. The normalized spacial score (nSPS) is 10.3. The molecular formula is C23H22N2O5. The number of phenolic OH excluding ortho intramolecular Hbond substituents is 1. The number of anilines is 1. The van der Waals surface area contributed by atoms with E-state index in [1.165, 1.54) is 24.3 Å². The van der Waals surface area contributed by atoms with E-state index in [0.29, 0.717) is 28.4 Å². The highest BCUT2D eigenvalue weighted by atomic mass is 16.5. The summed E-state index contributed by atoms with van der Waals surface area (Å²) in [7, 11) is 1.58. The monoisotopic (exact) mass is 406 g/mol. The number of Topliss-reactive ketones (excluding diaryl/α,β-unsaturated/α-hetero) is 1. The topological polar surface area (TPSA) is 111 Å². The fourth-order valence-corrected chi connectivity index (χ4v) is 2.79. The minimum Gasteiger partial charge on any atom is -0.508 e. The number of nitrogen functional groups attached to an aromatic ring is 1. The van der Waals surface area contributed by atoms with E-state index in [1.807, 2.05) is 0 Å². The molecule has 7 heteroatoms. The maximum Gasteiger partial charge on any atom is 0.251 e. The van der Waals surface area contributed by atoms with Gasteiger partial charge < -0.3 is 25.6 Å². The number of para-hydroxylation sites is 1. The number of aromatic hydroxyl groups is 1. The molecule has 3 rings (SSSR count). The molecule has 0 saturated heterocycles. The summed E-state index contributed by atoms with van der Waals surface area (Å²) in [6.45, 7) is 0.154. The summed E-state index contributed by atoms with van der Waals surface area (Å²) >= 11 is 0. The lowest BCUT2D eigenvalue weighted by atomic mass is 10.1. The molecule has 0 heterocycles. The first kappa shape index (κ1) is 20.7. The number of hydrogen-bond acceptors (Lipinski definition) is 6. The van der Waals surface area contributed by atoms with Crippen LogP contribution in [-0.4, -0.2) is 30.5 Å². The van der Waals surface area contributed by atoms with Crippen molar-refractivity contribution in [2.24, 2.45) is 0 Å². The van der Waals surface area contributed by atoms with Crippen molar-refractivity contribution in [1.29, 1.82) is 0 Å². The molecule has 0 aliphatic carbocycles. The molecule has 0 unspecified atom stereocenters. The number of carbonyl (C=O) groups excluding carboxylic acids is 2. The Balaban J connectivity index is 1.61. The van der Waals surface area contributed by atoms with Crippen LogP contribution in [0.25, 0.3) is 0 Å². The van der Waals surface area contributed by atoms with Crippen molar-refractivity contribution < 1.29 is 24.2 Å². The Morgan fingerprint density at radius 3 is 2.30 bits per heavy atom. The molecule has 0 aromatic heterocycles. The lowest BCUT2D eigenvalue weighted by Crippen LogP contribution is -2.26. The van der Waals surface area contributed by atoms with E-state index in [9.17, 15) is 14.7 Å². The second-order valence-electron chi connectivity index (χ2n) is 6.47. The lowest BCUT2D eigenvalue weighted by molar-refractivity contribution is 0.0940. The predicted molar refractivity (Wildman–Crippen MR) is 113 cm³/mol. The van der Waals surface area contributed by atoms with Crippen molar-refractivity contribution in [1.82, 2.24) is 5.32 Å². The number of phenols is 1. The van der Waals surface area contributed by atoms with Crippen LogP contribution in [0.15, 0.2) is 66.7 Å². The Kier molecular flexibility index (Phi) is 6.54. The Hall–Kier alpha value is -4.00. The third-order valence-electron chi connectivity index (χ3n) is 4.42. The van der Waals surface area contributed by atoms with E-state index in [-0.39, 0.29) is 36.1 Å². The van der Waals surface area contributed by atoms with Crippen molar-refractivity contribution in [3.63, 3.8) is 0 Å². The highest BCUT2D eigenvalue weighted by Crippen LogP contribution is 2.31. The van der Waals surface area contributed by atoms with E-state index in [1.54, 1.807) is 49.6 Å². The summed E-state index contributed by atoms with van der Waals surface area (Å²) in [6, 6.07) is 17.9. The van der Waals surface area contributed by atoms with Gasteiger partial charge in [-0.3, -0.25) is 9.59 Å². The van der Waals surface area contributed by atoms with Crippen LogP contribution in [-0.2, 0) is 0 Å². The summed E-state index contributed by atoms with van der Waals surface area (Å²) in [5.74, 6) is 1.18. The molecule has 0 bridgehead atoms. The zero-order valence-electron chi connectivity index (χ0n) is 16.4. The minimum atomic E-state index is -0.327. The molecule has 0 radical (unpaired) electrons. The quantitative estimate of drug-likeness (QED) is 0.388. The summed E-state index contributed by atoms with van der Waals surface area (Å²) in [4.78, 5) is 24.7. The number of ketones is 1. The van der Waals surface area contributed by atoms with Crippen LogP contribution < -0.4 is 20.5 Å². The van der Waals surface area contributed by atoms with E-state index < -0.39 is 0 Å². The van der Waals surface area contributed by atoms with Gasteiger partial charge in [0.2, 0.25) is 0 Å². The number of carbonyl (C=O) groups is 2. The van der Waals surface area contributed by atoms with Gasteiger partial charge in [0, 0.05) is 24.1 Å². The van der Waals surface area contributed by atoms with Gasteiger partial charge in [-0.05, 0) is 60.7 Å². The van der Waals surface area contributed by atoms with Gasteiger partial charge >= 0.3 is 0 Å². The van der Waals surface area contributed by atoms with Crippen LogP contribution in [0.5, 0.6) is 23.0 Å². The molecule has 0 fully saturated rings. The Labute approximate surface area is 174 Å². The minimum absolute atomic E-state index is 0.0777. The summed E-state index contributed by atoms with van der Waals surface area (Å²) in [6.07, 6.45) is 0.0833. The Morgan fingerprint density at radius 2 is 1.63 bits per heavy atom. The number of hydrogen-bond donors (Lipinski definition) is 3. The number of amides is 1. The zero-order chi connectivity index (χ0) is 21.5. The van der Waals surface area contributed by atoms with Gasteiger partial charge in [-0.15, -0.1) is 0 Å². The number of nitrogens with two attached hydrogens (primary N) is 1. The van der Waals surface area contributed by atoms with E-state index >= 15 is 0 Å². The molecule has 0 atom stereocenters. The molecule has 0 spiro atoms. The Bertz CT molecular complexity index is 1030. The van der Waals surface area contributed by atoms with E-state index in [4.69, 9.17) is 15.2 Å². The van der Waals surface area contributed by atoms with Crippen LogP contribution in [0.3, 0.4) is 0 Å². The number of benzene rings is 3. The van der Waals surface area contributed by atoms with Crippen molar-refractivity contribution in [2.75, 3.05) is 19.4 Å². The SMILES string of the molecule is COc1ccc(Oc2cccc(C(=O)CCNC(=O)c3ccc(O)cc3)c2N)cc1. The first-order valence-electron chi connectivity index (χ1n) is 9.29. The van der Waals surface area contributed by atoms with E-state index in [2.05, 4.69) is 5.32 Å². The molecule has 3 aromatic rings. The smallest absolute Gasteiger partial charge is 0.251 e. The molecule has 3 aromatic carbocycles. The zero-order valence-corrected chi connectivity index (χ0v) is 16.4. The van der Waals surface area contributed by atoms with Gasteiger partial charge in [-0.1, -0.05) is 6.07 Å². The fraction of sp³-hybridized carbons (Fsp3) is 0.130. The average molecular weight is 406 g/mol. The van der Waals surface area contributed by atoms with Gasteiger partial charge in [-0.2, -0.15) is 0 Å². The molecule has 7 nitrogen and oxygen atoms in total. The van der Waals surface area contributed by atoms with Gasteiger partial charge in [0.25, 0.3) is 5.91 Å².